The van der Waals surface area contributed by atoms with Crippen molar-refractivity contribution in [1.82, 2.24) is 5.27 Å². The maximum atomic E-state index is 14.4. The van der Waals surface area contributed by atoms with E-state index in [-0.39, 0.29) is 32.9 Å². The van der Waals surface area contributed by atoms with Crippen LogP contribution in [0.3, 0.4) is 0 Å². The van der Waals surface area contributed by atoms with E-state index in [1.165, 1.54) is 33.9 Å². The van der Waals surface area contributed by atoms with Gasteiger partial charge in [-0.2, -0.15) is 0 Å². The van der Waals surface area contributed by atoms with Crippen LogP contribution in [0, 0.1) is 5.82 Å². The highest BCUT2D eigenvalue weighted by Crippen LogP contribution is 2.31. The molecule has 1 aliphatic heterocycles. The summed E-state index contributed by atoms with van der Waals surface area (Å²) in [6.45, 7) is 0. The number of nitrogens with zero attached hydrogens (tertiary/aromatic N) is 3. The number of aliphatic imine (C=N–C) groups is 1. The minimum atomic E-state index is -0.825. The second-order valence-corrected chi connectivity index (χ2v) is 9.10. The van der Waals surface area contributed by atoms with E-state index in [1.807, 2.05) is 0 Å². The Balaban J connectivity index is 1.47. The predicted octanol–water partition coefficient (Wildman–Crippen LogP) is 4.40. The van der Waals surface area contributed by atoms with Gasteiger partial charge in [-0.3, -0.25) is 19.0 Å². The molecule has 0 saturated heterocycles. The molecule has 0 aliphatic carbocycles. The van der Waals surface area contributed by atoms with Crippen LogP contribution in [0.1, 0.15) is 16.1 Å². The van der Waals surface area contributed by atoms with Crippen LogP contribution in [0.5, 0.6) is 0 Å². The number of halogens is 2. The molecule has 0 bridgehead atoms. The third-order valence-electron chi connectivity index (χ3n) is 5.38. The molecule has 8 nitrogen and oxygen atoms in total. The first-order valence-corrected chi connectivity index (χ1v) is 12.3. The molecule has 0 unspecified atom stereocenters. The lowest BCUT2D eigenvalue weighted by atomic mass is 10.1. The lowest BCUT2D eigenvalue weighted by Crippen LogP contribution is -2.41. The fourth-order valence-electron chi connectivity index (χ4n) is 3.65. The van der Waals surface area contributed by atoms with Gasteiger partial charge in [-0.05, 0) is 40.3 Å². The van der Waals surface area contributed by atoms with Gasteiger partial charge in [0.05, 0.1) is 16.5 Å². The highest BCUT2D eigenvalue weighted by Gasteiger charge is 2.35. The third kappa shape index (κ3) is 4.89. The smallest absolute Gasteiger partial charge is 0.286 e. The molecule has 11 heteroatoms. The fourth-order valence-corrected chi connectivity index (χ4v) is 4.75. The Bertz CT molecular complexity index is 1600. The van der Waals surface area contributed by atoms with Gasteiger partial charge in [-0.1, -0.05) is 65.8 Å². The van der Waals surface area contributed by atoms with Crippen molar-refractivity contribution in [2.24, 2.45) is 4.99 Å². The monoisotopic (exact) mass is 535 g/mol. The van der Waals surface area contributed by atoms with E-state index < -0.39 is 23.1 Å². The predicted molar refractivity (Wildman–Crippen MR) is 138 cm³/mol. The Morgan fingerprint density at radius 3 is 2.46 bits per heavy atom. The molecule has 1 amide bonds. The lowest BCUT2D eigenvalue weighted by molar-refractivity contribution is -0.672. The Morgan fingerprint density at radius 2 is 1.76 bits per heavy atom. The van der Waals surface area contributed by atoms with Crippen molar-refractivity contribution in [3.8, 4) is 5.69 Å². The summed E-state index contributed by atoms with van der Waals surface area (Å²) in [4.78, 5) is 44.4. The molecule has 1 aliphatic rings. The van der Waals surface area contributed by atoms with Gasteiger partial charge in [-0.25, -0.2) is 14.2 Å². The summed E-state index contributed by atoms with van der Waals surface area (Å²) in [7, 11) is 0. The van der Waals surface area contributed by atoms with E-state index in [9.17, 15) is 18.8 Å². The minimum Gasteiger partial charge on any atom is -0.286 e. The zero-order chi connectivity index (χ0) is 25.9. The zero-order valence-corrected chi connectivity index (χ0v) is 20.5. The Morgan fingerprint density at radius 1 is 1.05 bits per heavy atom. The largest absolute Gasteiger partial charge is 0.438 e. The molecule has 1 N–H and O–H groups in total. The summed E-state index contributed by atoms with van der Waals surface area (Å²) in [5.74, 6) is -1.88. The highest BCUT2D eigenvalue weighted by atomic mass is 35.5. The first-order valence-electron chi connectivity index (χ1n) is 10.9. The molecular weight excluding hydrogens is 519 g/mol. The van der Waals surface area contributed by atoms with E-state index in [0.29, 0.717) is 11.4 Å². The number of Topliss-reactive ketones (excluding diaryl/α,β-unsaturated/α-hetero) is 1. The molecule has 0 spiro atoms. The molecule has 184 valence electrons. The van der Waals surface area contributed by atoms with Crippen LogP contribution >= 0.6 is 23.4 Å². The molecule has 37 heavy (non-hydrogen) atoms. The molecule has 0 atom stereocenters. The van der Waals surface area contributed by atoms with Crippen molar-refractivity contribution in [2.45, 2.75) is 0 Å². The molecule has 1 aromatic heterocycles. The topological polar surface area (TPSA) is 99.6 Å². The number of ketones is 1. The quantitative estimate of drug-likeness (QED) is 0.224. The van der Waals surface area contributed by atoms with Gasteiger partial charge in [-0.15, -0.1) is 0 Å². The average Bonchev–Trinajstić information content (AvgIpc) is 3.45. The first kappa shape index (κ1) is 24.4. The summed E-state index contributed by atoms with van der Waals surface area (Å²) in [5, 5.41) is 2.75. The van der Waals surface area contributed by atoms with Crippen LogP contribution < -0.4 is 15.2 Å². The van der Waals surface area contributed by atoms with Crippen molar-refractivity contribution in [1.29, 1.82) is 0 Å². The number of carbonyl (C=O) groups is 2. The van der Waals surface area contributed by atoms with E-state index in [0.717, 1.165) is 11.8 Å². The van der Waals surface area contributed by atoms with Crippen LogP contribution in [0.15, 0.2) is 98.9 Å². The van der Waals surface area contributed by atoms with Crippen LogP contribution in [-0.4, -0.2) is 27.9 Å². The van der Waals surface area contributed by atoms with Crippen LogP contribution in [0.2, 0.25) is 5.02 Å². The number of thioether (sulfide) groups is 1. The lowest BCUT2D eigenvalue weighted by Gasteiger charge is -2.17. The molecule has 5 rings (SSSR count). The Hall–Kier alpha value is -4.28. The summed E-state index contributed by atoms with van der Waals surface area (Å²) in [6, 6.07) is 21.6. The standard InChI is InChI=1S/C26H16ClFN4O4S/c27-19-12-7-13-20(28)18(19)14-21-24(34)31(16-8-3-1-4-9-16)26(29-21)37-15-22(33)23-25(35)36-30-32(23)17-10-5-2-6-11-17/h1-14H,15H2/p+1/b21-14-. The van der Waals surface area contributed by atoms with Gasteiger partial charge >= 0.3 is 11.3 Å². The van der Waals surface area contributed by atoms with Crippen molar-refractivity contribution in [3.05, 3.63) is 117 Å². The van der Waals surface area contributed by atoms with E-state index in [2.05, 4.69) is 10.3 Å². The molecule has 4 aromatic rings. The van der Waals surface area contributed by atoms with Crippen molar-refractivity contribution >= 4 is 52.0 Å². The first-order chi connectivity index (χ1) is 17.9. The van der Waals surface area contributed by atoms with E-state index >= 15 is 0 Å². The van der Waals surface area contributed by atoms with Gasteiger partial charge in [0.2, 0.25) is 11.5 Å². The number of anilines is 1. The normalized spacial score (nSPS) is 14.3. The Kier molecular flexibility index (Phi) is 6.85. The summed E-state index contributed by atoms with van der Waals surface area (Å²) >= 11 is 7.10. The summed E-state index contributed by atoms with van der Waals surface area (Å²) in [5.41, 5.74) is -0.00755. The van der Waals surface area contributed by atoms with Crippen LogP contribution in [0.4, 0.5) is 10.1 Å². The number of rotatable bonds is 6. The van der Waals surface area contributed by atoms with Crippen LogP contribution in [0.25, 0.3) is 11.8 Å². The third-order valence-corrected chi connectivity index (χ3v) is 6.65. The number of hydrogen-bond acceptors (Lipinski definition) is 6. The number of aromatic amines is 1. The van der Waals surface area contributed by atoms with Gasteiger partial charge in [0.25, 0.3) is 5.91 Å². The number of nitrogens with one attached hydrogen (secondary N) is 1. The number of amidine groups is 1. The second-order valence-electron chi connectivity index (χ2n) is 7.75. The van der Waals surface area contributed by atoms with E-state index in [4.69, 9.17) is 16.1 Å². The average molecular weight is 536 g/mol. The van der Waals surface area contributed by atoms with Gasteiger partial charge in [0.15, 0.2) is 5.17 Å². The maximum Gasteiger partial charge on any atom is 0.438 e. The van der Waals surface area contributed by atoms with Gasteiger partial charge in [0.1, 0.15) is 11.5 Å². The Labute approximate surface area is 218 Å². The molecule has 0 radical (unpaired) electrons. The number of hydrogen-bond donors (Lipinski definition) is 1. The molecule has 2 heterocycles. The molecule has 0 fully saturated rings. The second kappa shape index (κ2) is 10.4. The maximum absolute atomic E-state index is 14.4. The minimum absolute atomic E-state index is 0.0282. The number of para-hydroxylation sites is 2. The number of carbonyl (C=O) groups excluding carboxylic acids is 2. The molecular formula is C26H17ClFN4O4S+. The number of benzene rings is 3. The van der Waals surface area contributed by atoms with Crippen LogP contribution in [-0.2, 0) is 4.79 Å². The number of aromatic nitrogens is 2. The van der Waals surface area contributed by atoms with Gasteiger partial charge < -0.3 is 0 Å². The molecule has 0 saturated carbocycles. The van der Waals surface area contributed by atoms with Crippen molar-refractivity contribution in [3.63, 3.8) is 0 Å². The van der Waals surface area contributed by atoms with E-state index in [1.54, 1.807) is 60.7 Å². The van der Waals surface area contributed by atoms with Gasteiger partial charge in [0, 0.05) is 17.7 Å². The zero-order valence-electron chi connectivity index (χ0n) is 18.9. The number of H-pyrrole nitrogens is 1. The summed E-state index contributed by atoms with van der Waals surface area (Å²) < 4.78 is 20.5. The molecule has 3 aromatic carbocycles. The highest BCUT2D eigenvalue weighted by molar-refractivity contribution is 8.14. The summed E-state index contributed by atoms with van der Waals surface area (Å²) in [6.07, 6.45) is 1.27. The van der Waals surface area contributed by atoms with Crippen molar-refractivity contribution < 1.29 is 23.2 Å². The van der Waals surface area contributed by atoms with Crippen molar-refractivity contribution in [2.75, 3.05) is 10.7 Å². The fraction of sp³-hybridized carbons (Fsp3) is 0.0385. The number of amides is 1. The SMILES string of the molecule is O=C(CSC1=N/C(=C\c2c(F)cccc2Cl)C(=O)N1c1ccccc1)c1c(=O)o[nH][n+]1-c1ccccc1.